The van der Waals surface area contributed by atoms with Gasteiger partial charge in [-0.05, 0) is 40.1 Å². The molecule has 1 fully saturated rings. The summed E-state index contributed by atoms with van der Waals surface area (Å²) in [5.74, 6) is 0.649. The number of benzene rings is 2. The Bertz CT molecular complexity index is 1130. The zero-order valence-electron chi connectivity index (χ0n) is 18.5. The fourth-order valence-electron chi connectivity index (χ4n) is 3.73. The van der Waals surface area contributed by atoms with E-state index in [2.05, 4.69) is 41.5 Å². The minimum Gasteiger partial charge on any atom is -0.362 e. The Morgan fingerprint density at radius 3 is 2.45 bits per heavy atom. The maximum atomic E-state index is 12.8. The van der Waals surface area contributed by atoms with Gasteiger partial charge in [0, 0.05) is 32.2 Å². The monoisotopic (exact) mass is 467 g/mol. The van der Waals surface area contributed by atoms with E-state index < -0.39 is 0 Å². The molecule has 1 aliphatic heterocycles. The topological polar surface area (TPSA) is 110 Å². The highest BCUT2D eigenvalue weighted by Gasteiger charge is 2.25. The van der Waals surface area contributed by atoms with E-state index in [0.29, 0.717) is 42.9 Å². The molecule has 0 unspecified atom stereocenters. The van der Waals surface area contributed by atoms with Crippen LogP contribution in [0.5, 0.6) is 0 Å². The van der Waals surface area contributed by atoms with Crippen molar-refractivity contribution in [3.8, 4) is 5.69 Å². The van der Waals surface area contributed by atoms with Crippen LogP contribution in [0.1, 0.15) is 25.3 Å². The largest absolute Gasteiger partial charge is 0.362 e. The zero-order chi connectivity index (χ0) is 23.4. The quantitative estimate of drug-likeness (QED) is 0.296. The van der Waals surface area contributed by atoms with Crippen LogP contribution in [0.2, 0.25) is 0 Å². The number of thioether (sulfide) groups is 1. The first-order chi connectivity index (χ1) is 15.9. The highest BCUT2D eigenvalue weighted by Crippen LogP contribution is 2.28. The predicted octanol–water partition coefficient (Wildman–Crippen LogP) is 3.13. The van der Waals surface area contributed by atoms with E-state index in [4.69, 9.17) is 0 Å². The first-order valence-corrected chi connectivity index (χ1v) is 11.7. The van der Waals surface area contributed by atoms with Gasteiger partial charge in [0.2, 0.25) is 11.1 Å². The Morgan fingerprint density at radius 2 is 1.79 bits per heavy atom. The number of amides is 1. The Morgan fingerprint density at radius 1 is 1.09 bits per heavy atom. The second-order valence-electron chi connectivity index (χ2n) is 8.02. The van der Waals surface area contributed by atoms with Gasteiger partial charge in [-0.3, -0.25) is 14.9 Å². The number of hydrogen-bond acceptors (Lipinski definition) is 8. The Hall–Kier alpha value is -3.47. The molecule has 0 atom stereocenters. The second-order valence-corrected chi connectivity index (χ2v) is 8.96. The fourth-order valence-corrected chi connectivity index (χ4v) is 4.53. The second kappa shape index (κ2) is 9.99. The molecule has 33 heavy (non-hydrogen) atoms. The molecule has 172 valence electrons. The summed E-state index contributed by atoms with van der Waals surface area (Å²) < 4.78 is 1.63. The summed E-state index contributed by atoms with van der Waals surface area (Å²) in [4.78, 5) is 27.4. The first kappa shape index (κ1) is 22.7. The zero-order valence-corrected chi connectivity index (χ0v) is 19.3. The Balaban J connectivity index is 1.34. The van der Waals surface area contributed by atoms with Crippen molar-refractivity contribution in [1.29, 1.82) is 0 Å². The van der Waals surface area contributed by atoms with Crippen LogP contribution in [-0.2, 0) is 4.79 Å². The Kier molecular flexibility index (Phi) is 6.87. The molecule has 2 aromatic carbocycles. The number of rotatable bonds is 7. The number of nitro benzene ring substituents is 1. The molecule has 10 nitrogen and oxygen atoms in total. The van der Waals surface area contributed by atoms with Gasteiger partial charge in [-0.15, -0.1) is 5.10 Å². The number of carbonyl (C=O) groups excluding carboxylic acids is 1. The Labute approximate surface area is 195 Å². The number of nitro groups is 1. The van der Waals surface area contributed by atoms with Crippen LogP contribution >= 0.6 is 11.8 Å². The predicted molar refractivity (Wildman–Crippen MR) is 126 cm³/mol. The van der Waals surface area contributed by atoms with Crippen molar-refractivity contribution in [3.63, 3.8) is 0 Å². The maximum Gasteiger partial charge on any atom is 0.292 e. The molecule has 1 saturated heterocycles. The summed E-state index contributed by atoms with van der Waals surface area (Å²) >= 11 is 1.30. The third-order valence-corrected chi connectivity index (χ3v) is 6.53. The average Bonchev–Trinajstić information content (AvgIpc) is 3.31. The molecular weight excluding hydrogens is 442 g/mol. The molecule has 2 heterocycles. The van der Waals surface area contributed by atoms with Crippen LogP contribution < -0.4 is 4.90 Å². The lowest BCUT2D eigenvalue weighted by atomic mass is 10.0. The van der Waals surface area contributed by atoms with E-state index in [1.165, 1.54) is 23.4 Å². The first-order valence-electron chi connectivity index (χ1n) is 10.7. The lowest BCUT2D eigenvalue weighted by Gasteiger charge is -2.35. The maximum absolute atomic E-state index is 12.8. The van der Waals surface area contributed by atoms with Gasteiger partial charge < -0.3 is 9.80 Å². The average molecular weight is 468 g/mol. The highest BCUT2D eigenvalue weighted by atomic mass is 32.2. The van der Waals surface area contributed by atoms with Gasteiger partial charge in [-0.2, -0.15) is 4.68 Å². The molecule has 11 heteroatoms. The molecule has 1 aliphatic rings. The lowest BCUT2D eigenvalue weighted by molar-refractivity contribution is -0.384. The molecule has 1 aromatic heterocycles. The van der Waals surface area contributed by atoms with Gasteiger partial charge in [-0.25, -0.2) is 0 Å². The lowest BCUT2D eigenvalue weighted by Crippen LogP contribution is -2.49. The summed E-state index contributed by atoms with van der Waals surface area (Å²) in [6.07, 6.45) is 0. The van der Waals surface area contributed by atoms with Crippen LogP contribution in [-0.4, -0.2) is 67.9 Å². The van der Waals surface area contributed by atoms with Crippen LogP contribution in [0.4, 0.5) is 11.4 Å². The van der Waals surface area contributed by atoms with Crippen LogP contribution in [0, 0.1) is 10.1 Å². The summed E-state index contributed by atoms with van der Waals surface area (Å²) in [6.45, 7) is 6.38. The molecule has 3 aromatic rings. The van der Waals surface area contributed by atoms with E-state index in [1.54, 1.807) is 27.8 Å². The third kappa shape index (κ3) is 5.14. The molecule has 0 spiro atoms. The van der Waals surface area contributed by atoms with Gasteiger partial charge in [0.1, 0.15) is 5.69 Å². The van der Waals surface area contributed by atoms with Crippen LogP contribution in [0.25, 0.3) is 5.69 Å². The van der Waals surface area contributed by atoms with Gasteiger partial charge in [0.15, 0.2) is 0 Å². The SMILES string of the molecule is CC(C)c1ccc(-n2nnnc2SCC(=O)N2CCN(c3ccccc3[N+](=O)[O-])CC2)cc1. The third-order valence-electron chi connectivity index (χ3n) is 5.62. The van der Waals surface area contributed by atoms with Crippen molar-refractivity contribution >= 4 is 29.0 Å². The molecule has 1 amide bonds. The van der Waals surface area contributed by atoms with Crippen molar-refractivity contribution in [3.05, 3.63) is 64.2 Å². The standard InChI is InChI=1S/C22H25N7O3S/c1-16(2)17-7-9-18(10-8-17)28-22(23-24-25-28)33-15-21(30)27-13-11-26(12-14-27)19-5-3-4-6-20(19)29(31)32/h3-10,16H,11-15H2,1-2H3. The number of nitrogens with zero attached hydrogens (tertiary/aromatic N) is 7. The van der Waals surface area contributed by atoms with Gasteiger partial charge in [0.05, 0.1) is 16.4 Å². The molecule has 0 bridgehead atoms. The van der Waals surface area contributed by atoms with Crippen molar-refractivity contribution < 1.29 is 9.72 Å². The van der Waals surface area contributed by atoms with E-state index in [-0.39, 0.29) is 22.3 Å². The number of tetrazole rings is 1. The number of hydrogen-bond donors (Lipinski definition) is 0. The van der Waals surface area contributed by atoms with Crippen molar-refractivity contribution in [2.75, 3.05) is 36.8 Å². The molecule has 0 N–H and O–H groups in total. The number of piperazine rings is 1. The number of carbonyl (C=O) groups is 1. The van der Waals surface area contributed by atoms with Crippen LogP contribution in [0.15, 0.2) is 53.7 Å². The molecule has 0 aliphatic carbocycles. The molecule has 0 saturated carbocycles. The van der Waals surface area contributed by atoms with Crippen molar-refractivity contribution in [1.82, 2.24) is 25.1 Å². The number of anilines is 1. The number of aromatic nitrogens is 4. The smallest absolute Gasteiger partial charge is 0.292 e. The summed E-state index contributed by atoms with van der Waals surface area (Å²) in [7, 11) is 0. The summed E-state index contributed by atoms with van der Waals surface area (Å²) in [6, 6.07) is 14.7. The van der Waals surface area contributed by atoms with E-state index in [9.17, 15) is 14.9 Å². The number of para-hydroxylation sites is 2. The highest BCUT2D eigenvalue weighted by molar-refractivity contribution is 7.99. The fraction of sp³-hybridized carbons (Fsp3) is 0.364. The van der Waals surface area contributed by atoms with E-state index in [0.717, 1.165) is 5.69 Å². The van der Waals surface area contributed by atoms with Gasteiger partial charge in [0.25, 0.3) is 5.69 Å². The molecule has 0 radical (unpaired) electrons. The molecule has 4 rings (SSSR count). The normalized spacial score (nSPS) is 14.0. The van der Waals surface area contributed by atoms with E-state index >= 15 is 0 Å². The van der Waals surface area contributed by atoms with E-state index in [1.807, 2.05) is 17.0 Å². The van der Waals surface area contributed by atoms with Crippen molar-refractivity contribution in [2.45, 2.75) is 24.9 Å². The van der Waals surface area contributed by atoms with Gasteiger partial charge in [-0.1, -0.05) is 49.9 Å². The summed E-state index contributed by atoms with van der Waals surface area (Å²) in [5, 5.41) is 23.8. The minimum absolute atomic E-state index is 0.00748. The van der Waals surface area contributed by atoms with Crippen LogP contribution in [0.3, 0.4) is 0 Å². The molecular formula is C22H25N7O3S. The van der Waals surface area contributed by atoms with Crippen molar-refractivity contribution in [2.24, 2.45) is 0 Å². The van der Waals surface area contributed by atoms with Gasteiger partial charge >= 0.3 is 0 Å². The summed E-state index contributed by atoms with van der Waals surface area (Å²) in [5.41, 5.74) is 2.75. The minimum atomic E-state index is -0.371.